The highest BCUT2D eigenvalue weighted by atomic mass is 16.5. The molecular formula is C32H39N3O2. The number of carbonyl (C=O) groups excluding carboxylic acids is 1. The van der Waals surface area contributed by atoms with E-state index in [0.717, 1.165) is 61.3 Å². The lowest BCUT2D eigenvalue weighted by Crippen LogP contribution is -2.25. The van der Waals surface area contributed by atoms with Crippen LogP contribution in [0.2, 0.25) is 0 Å². The van der Waals surface area contributed by atoms with Crippen molar-refractivity contribution >= 4 is 16.9 Å². The summed E-state index contributed by atoms with van der Waals surface area (Å²) in [6, 6.07) is 24.5. The van der Waals surface area contributed by atoms with Gasteiger partial charge in [0.1, 0.15) is 11.6 Å². The zero-order valence-electron chi connectivity index (χ0n) is 22.4. The maximum absolute atomic E-state index is 12.4. The number of aryl methyl sites for hydroxylation is 3. The minimum absolute atomic E-state index is 0.0250. The predicted molar refractivity (Wildman–Crippen MR) is 151 cm³/mol. The van der Waals surface area contributed by atoms with Gasteiger partial charge in [-0.1, -0.05) is 55.8 Å². The van der Waals surface area contributed by atoms with E-state index < -0.39 is 0 Å². The molecule has 0 aliphatic carbocycles. The Bertz CT molecular complexity index is 1280. The van der Waals surface area contributed by atoms with Crippen molar-refractivity contribution in [1.29, 1.82) is 0 Å². The van der Waals surface area contributed by atoms with Crippen LogP contribution in [0.3, 0.4) is 0 Å². The Hall–Kier alpha value is -3.60. The molecule has 1 N–H and O–H groups in total. The Kier molecular flexibility index (Phi) is 9.36. The summed E-state index contributed by atoms with van der Waals surface area (Å²) >= 11 is 0. The number of imidazole rings is 1. The Morgan fingerprint density at radius 3 is 2.49 bits per heavy atom. The van der Waals surface area contributed by atoms with Crippen molar-refractivity contribution in [3.63, 3.8) is 0 Å². The van der Waals surface area contributed by atoms with Gasteiger partial charge in [0.15, 0.2) is 0 Å². The maximum Gasteiger partial charge on any atom is 0.251 e. The van der Waals surface area contributed by atoms with Gasteiger partial charge >= 0.3 is 0 Å². The summed E-state index contributed by atoms with van der Waals surface area (Å²) in [5, 5.41) is 3.04. The van der Waals surface area contributed by atoms with Crippen molar-refractivity contribution in [3.8, 4) is 5.75 Å². The molecule has 194 valence electrons. The third-order valence-electron chi connectivity index (χ3n) is 7.02. The topological polar surface area (TPSA) is 56.1 Å². The van der Waals surface area contributed by atoms with Crippen LogP contribution >= 0.6 is 0 Å². The second-order valence-corrected chi connectivity index (χ2v) is 9.83. The number of carbonyl (C=O) groups is 1. The SMILES string of the molecule is CCC(C)c1ccc(OCCCCn2c(CCCNC(=O)c3ccc(C)cc3)nc3ccccc32)cc1. The summed E-state index contributed by atoms with van der Waals surface area (Å²) in [6.45, 7) is 8.73. The molecule has 0 aliphatic rings. The van der Waals surface area contributed by atoms with Gasteiger partial charge in [-0.2, -0.15) is 0 Å². The predicted octanol–water partition coefficient (Wildman–Crippen LogP) is 7.08. The number of para-hydroxylation sites is 2. The van der Waals surface area contributed by atoms with Crippen LogP contribution in [-0.2, 0) is 13.0 Å². The van der Waals surface area contributed by atoms with Crippen molar-refractivity contribution in [2.24, 2.45) is 0 Å². The van der Waals surface area contributed by atoms with Crippen LogP contribution in [-0.4, -0.2) is 28.6 Å². The minimum atomic E-state index is -0.0250. The molecule has 1 heterocycles. The van der Waals surface area contributed by atoms with Crippen molar-refractivity contribution in [2.45, 2.75) is 65.3 Å². The Morgan fingerprint density at radius 1 is 0.973 bits per heavy atom. The molecule has 5 heteroatoms. The zero-order valence-corrected chi connectivity index (χ0v) is 22.4. The lowest BCUT2D eigenvalue weighted by molar-refractivity contribution is 0.0953. The van der Waals surface area contributed by atoms with Crippen LogP contribution in [0, 0.1) is 6.92 Å². The smallest absolute Gasteiger partial charge is 0.251 e. The summed E-state index contributed by atoms with van der Waals surface area (Å²) < 4.78 is 8.32. The van der Waals surface area contributed by atoms with Crippen LogP contribution in [0.1, 0.15) is 72.8 Å². The number of fused-ring (bicyclic) bond motifs is 1. The van der Waals surface area contributed by atoms with Crippen molar-refractivity contribution in [3.05, 3.63) is 95.3 Å². The summed E-state index contributed by atoms with van der Waals surface area (Å²) in [5.74, 6) is 2.57. The highest BCUT2D eigenvalue weighted by molar-refractivity contribution is 5.94. The van der Waals surface area contributed by atoms with Gasteiger partial charge in [0, 0.05) is 25.1 Å². The first-order valence-corrected chi connectivity index (χ1v) is 13.6. The molecule has 0 fully saturated rings. The monoisotopic (exact) mass is 497 g/mol. The van der Waals surface area contributed by atoms with Gasteiger partial charge in [-0.3, -0.25) is 4.79 Å². The molecule has 1 atom stereocenters. The quantitative estimate of drug-likeness (QED) is 0.201. The Balaban J connectivity index is 1.26. The van der Waals surface area contributed by atoms with Crippen LogP contribution < -0.4 is 10.1 Å². The van der Waals surface area contributed by atoms with Crippen LogP contribution in [0.4, 0.5) is 0 Å². The molecule has 4 rings (SSSR count). The number of ether oxygens (including phenoxy) is 1. The molecule has 0 radical (unpaired) electrons. The third kappa shape index (κ3) is 7.22. The van der Waals surface area contributed by atoms with Gasteiger partial charge in [0.2, 0.25) is 0 Å². The third-order valence-corrected chi connectivity index (χ3v) is 7.02. The normalized spacial score (nSPS) is 12.0. The molecule has 0 saturated carbocycles. The highest BCUT2D eigenvalue weighted by Crippen LogP contribution is 2.22. The van der Waals surface area contributed by atoms with E-state index in [0.29, 0.717) is 24.6 Å². The molecule has 5 nitrogen and oxygen atoms in total. The summed E-state index contributed by atoms with van der Waals surface area (Å²) in [7, 11) is 0. The number of amides is 1. The fourth-order valence-electron chi connectivity index (χ4n) is 4.51. The van der Waals surface area contributed by atoms with Gasteiger partial charge in [0.05, 0.1) is 17.6 Å². The van der Waals surface area contributed by atoms with Gasteiger partial charge in [-0.05, 0) is 80.5 Å². The maximum atomic E-state index is 12.4. The number of nitrogens with one attached hydrogen (secondary N) is 1. The molecule has 1 amide bonds. The van der Waals surface area contributed by atoms with E-state index in [1.807, 2.05) is 37.3 Å². The highest BCUT2D eigenvalue weighted by Gasteiger charge is 2.11. The number of aromatic nitrogens is 2. The summed E-state index contributed by atoms with van der Waals surface area (Å²) in [4.78, 5) is 17.3. The second-order valence-electron chi connectivity index (χ2n) is 9.83. The summed E-state index contributed by atoms with van der Waals surface area (Å²) in [5.41, 5.74) is 5.41. The Morgan fingerprint density at radius 2 is 1.73 bits per heavy atom. The van der Waals surface area contributed by atoms with E-state index in [1.54, 1.807) is 0 Å². The van der Waals surface area contributed by atoms with Crippen LogP contribution in [0.5, 0.6) is 5.75 Å². The first-order valence-electron chi connectivity index (χ1n) is 13.6. The molecule has 0 spiro atoms. The average molecular weight is 498 g/mol. The zero-order chi connectivity index (χ0) is 26.0. The van der Waals surface area contributed by atoms with Crippen molar-refractivity contribution in [2.75, 3.05) is 13.2 Å². The van der Waals surface area contributed by atoms with Gasteiger partial charge in [-0.15, -0.1) is 0 Å². The average Bonchev–Trinajstić information content (AvgIpc) is 3.28. The van der Waals surface area contributed by atoms with E-state index in [1.165, 1.54) is 11.1 Å². The molecule has 0 saturated heterocycles. The number of hydrogen-bond acceptors (Lipinski definition) is 3. The van der Waals surface area contributed by atoms with E-state index in [-0.39, 0.29) is 5.91 Å². The molecule has 37 heavy (non-hydrogen) atoms. The molecule has 4 aromatic rings. The van der Waals surface area contributed by atoms with E-state index in [2.05, 4.69) is 66.2 Å². The number of hydrogen-bond donors (Lipinski definition) is 1. The van der Waals surface area contributed by atoms with Gasteiger partial charge in [-0.25, -0.2) is 4.98 Å². The first kappa shape index (κ1) is 26.5. The summed E-state index contributed by atoms with van der Waals surface area (Å²) in [6.07, 6.45) is 4.81. The molecule has 3 aromatic carbocycles. The second kappa shape index (κ2) is 13.1. The van der Waals surface area contributed by atoms with Gasteiger partial charge in [0.25, 0.3) is 5.91 Å². The van der Waals surface area contributed by atoms with Gasteiger partial charge < -0.3 is 14.6 Å². The molecular weight excluding hydrogens is 458 g/mol. The number of unbranched alkanes of at least 4 members (excludes halogenated alkanes) is 1. The van der Waals surface area contributed by atoms with Crippen molar-refractivity contribution in [1.82, 2.24) is 14.9 Å². The number of nitrogens with zero attached hydrogens (tertiary/aromatic N) is 2. The molecule has 0 bridgehead atoms. The van der Waals surface area contributed by atoms with E-state index in [9.17, 15) is 4.79 Å². The fourth-order valence-corrected chi connectivity index (χ4v) is 4.51. The first-order chi connectivity index (χ1) is 18.0. The molecule has 1 aromatic heterocycles. The lowest BCUT2D eigenvalue weighted by Gasteiger charge is -2.12. The van der Waals surface area contributed by atoms with E-state index >= 15 is 0 Å². The Labute approximate surface area is 220 Å². The number of benzene rings is 3. The van der Waals surface area contributed by atoms with Crippen molar-refractivity contribution < 1.29 is 9.53 Å². The van der Waals surface area contributed by atoms with Crippen LogP contribution in [0.15, 0.2) is 72.8 Å². The number of rotatable bonds is 13. The largest absolute Gasteiger partial charge is 0.494 e. The van der Waals surface area contributed by atoms with Crippen LogP contribution in [0.25, 0.3) is 11.0 Å². The molecule has 0 aliphatic heterocycles. The lowest BCUT2D eigenvalue weighted by atomic mass is 9.99. The standard InChI is InChI=1S/C32H39N3O2/c1-4-25(3)26-17-19-28(20-18-26)37-23-8-7-22-35-30-11-6-5-10-29(30)34-31(35)12-9-21-33-32(36)27-15-13-24(2)14-16-27/h5-6,10-11,13-20,25H,4,7-9,12,21-23H2,1-3H3,(H,33,36). The molecule has 1 unspecified atom stereocenters. The fraction of sp³-hybridized carbons (Fsp3) is 0.375. The van der Waals surface area contributed by atoms with E-state index in [4.69, 9.17) is 9.72 Å². The minimum Gasteiger partial charge on any atom is -0.494 e.